The second-order valence-corrected chi connectivity index (χ2v) is 6.06. The Morgan fingerprint density at radius 2 is 1.89 bits per heavy atom. The van der Waals surface area contributed by atoms with E-state index >= 15 is 0 Å². The lowest BCUT2D eigenvalue weighted by Crippen LogP contribution is -2.22. The normalized spacial score (nSPS) is 13.8. The third-order valence-corrected chi connectivity index (χ3v) is 3.24. The van der Waals surface area contributed by atoms with Gasteiger partial charge in [0.15, 0.2) is 0 Å². The third kappa shape index (κ3) is 2.88. The molecular formula is C16H22N2. The molecule has 0 aliphatic carbocycles. The van der Waals surface area contributed by atoms with Crippen LogP contribution < -0.4 is 5.32 Å². The van der Waals surface area contributed by atoms with E-state index in [0.717, 1.165) is 6.42 Å². The zero-order valence-electron chi connectivity index (χ0n) is 11.7. The fraction of sp³-hybridized carbons (Fsp3) is 0.438. The molecule has 0 aliphatic rings. The highest BCUT2D eigenvalue weighted by atomic mass is 14.9. The van der Waals surface area contributed by atoms with Crippen LogP contribution in [-0.4, -0.2) is 12.0 Å². The molecule has 0 amide bonds. The van der Waals surface area contributed by atoms with E-state index in [4.69, 9.17) is 0 Å². The van der Waals surface area contributed by atoms with E-state index in [2.05, 4.69) is 55.3 Å². The molecule has 0 radical (unpaired) electrons. The summed E-state index contributed by atoms with van der Waals surface area (Å²) in [6.45, 7) is 6.82. The number of hydrogen-bond acceptors (Lipinski definition) is 2. The average Bonchev–Trinajstić information content (AvgIpc) is 2.34. The zero-order valence-corrected chi connectivity index (χ0v) is 11.7. The van der Waals surface area contributed by atoms with Gasteiger partial charge in [0.25, 0.3) is 0 Å². The molecule has 1 atom stereocenters. The van der Waals surface area contributed by atoms with Crippen molar-refractivity contribution >= 4 is 10.8 Å². The van der Waals surface area contributed by atoms with Gasteiger partial charge in [-0.15, -0.1) is 0 Å². The van der Waals surface area contributed by atoms with Gasteiger partial charge in [-0.2, -0.15) is 0 Å². The Hall–Kier alpha value is -1.41. The van der Waals surface area contributed by atoms with E-state index in [9.17, 15) is 0 Å². The van der Waals surface area contributed by atoms with Gasteiger partial charge in [-0.25, -0.2) is 0 Å². The maximum Gasteiger partial charge on any atom is 0.0346 e. The lowest BCUT2D eigenvalue weighted by molar-refractivity contribution is 0.321. The van der Waals surface area contributed by atoms with Crippen LogP contribution in [0.25, 0.3) is 10.8 Å². The van der Waals surface area contributed by atoms with Crippen LogP contribution in [0.2, 0.25) is 0 Å². The Balaban J connectivity index is 2.45. The molecule has 0 saturated carbocycles. The first-order chi connectivity index (χ1) is 8.51. The number of aromatic nitrogens is 1. The predicted molar refractivity (Wildman–Crippen MR) is 77.6 cm³/mol. The fourth-order valence-corrected chi connectivity index (χ4v) is 2.40. The highest BCUT2D eigenvalue weighted by molar-refractivity contribution is 5.85. The quantitative estimate of drug-likeness (QED) is 0.882. The number of fused-ring (bicyclic) bond motifs is 1. The molecule has 0 spiro atoms. The van der Waals surface area contributed by atoms with Gasteiger partial charge >= 0.3 is 0 Å². The highest BCUT2D eigenvalue weighted by Gasteiger charge is 2.20. The van der Waals surface area contributed by atoms with Crippen LogP contribution in [0, 0.1) is 5.41 Å². The van der Waals surface area contributed by atoms with E-state index in [-0.39, 0.29) is 0 Å². The number of hydrogen-bond donors (Lipinski definition) is 1. The van der Waals surface area contributed by atoms with Gasteiger partial charge < -0.3 is 5.32 Å². The molecule has 2 rings (SSSR count). The first-order valence-corrected chi connectivity index (χ1v) is 6.51. The first kappa shape index (κ1) is 13.0. The molecule has 0 bridgehead atoms. The van der Waals surface area contributed by atoms with Crippen LogP contribution in [0.15, 0.2) is 36.7 Å². The van der Waals surface area contributed by atoms with E-state index in [0.29, 0.717) is 11.5 Å². The van der Waals surface area contributed by atoms with E-state index in [1.807, 2.05) is 19.4 Å². The molecule has 0 saturated heterocycles. The predicted octanol–water partition coefficient (Wildman–Crippen LogP) is 3.93. The molecule has 1 aromatic heterocycles. The summed E-state index contributed by atoms with van der Waals surface area (Å²) in [5, 5.41) is 5.94. The molecule has 0 fully saturated rings. The van der Waals surface area contributed by atoms with Gasteiger partial charge in [-0.3, -0.25) is 4.98 Å². The molecule has 96 valence electrons. The third-order valence-electron chi connectivity index (χ3n) is 3.24. The Morgan fingerprint density at radius 1 is 1.17 bits per heavy atom. The molecule has 2 heteroatoms. The van der Waals surface area contributed by atoms with E-state index in [1.165, 1.54) is 16.3 Å². The minimum absolute atomic E-state index is 0.296. The average molecular weight is 242 g/mol. The van der Waals surface area contributed by atoms with Crippen molar-refractivity contribution in [3.05, 3.63) is 42.2 Å². The van der Waals surface area contributed by atoms with E-state index < -0.39 is 0 Å². The number of pyridine rings is 1. The summed E-state index contributed by atoms with van der Waals surface area (Å²) in [5.41, 5.74) is 1.59. The minimum atomic E-state index is 0.296. The molecule has 1 N–H and O–H groups in total. The maximum absolute atomic E-state index is 4.37. The largest absolute Gasteiger partial charge is 0.313 e. The van der Waals surface area contributed by atoms with Crippen LogP contribution in [0.1, 0.15) is 38.8 Å². The van der Waals surface area contributed by atoms with Crippen molar-refractivity contribution in [3.63, 3.8) is 0 Å². The molecule has 1 heterocycles. The number of nitrogens with one attached hydrogen (secondary N) is 1. The summed E-state index contributed by atoms with van der Waals surface area (Å²) in [5.74, 6) is 0. The van der Waals surface area contributed by atoms with Crippen molar-refractivity contribution in [3.8, 4) is 0 Å². The maximum atomic E-state index is 4.37. The summed E-state index contributed by atoms with van der Waals surface area (Å²) in [6, 6.07) is 8.81. The Labute approximate surface area is 109 Å². The first-order valence-electron chi connectivity index (χ1n) is 6.51. The van der Waals surface area contributed by atoms with Gasteiger partial charge in [-0.05, 0) is 29.8 Å². The van der Waals surface area contributed by atoms with Gasteiger partial charge in [0.05, 0.1) is 0 Å². The van der Waals surface area contributed by atoms with Crippen molar-refractivity contribution in [2.24, 2.45) is 5.41 Å². The van der Waals surface area contributed by atoms with Gasteiger partial charge in [0.2, 0.25) is 0 Å². The summed E-state index contributed by atoms with van der Waals surface area (Å²) >= 11 is 0. The zero-order chi connectivity index (χ0) is 13.2. The molecule has 1 aromatic carbocycles. The highest BCUT2D eigenvalue weighted by Crippen LogP contribution is 2.32. The van der Waals surface area contributed by atoms with Crippen molar-refractivity contribution < 1.29 is 0 Å². The van der Waals surface area contributed by atoms with Crippen LogP contribution in [0.3, 0.4) is 0 Å². The van der Waals surface area contributed by atoms with E-state index in [1.54, 1.807) is 0 Å². The van der Waals surface area contributed by atoms with Crippen LogP contribution in [0.4, 0.5) is 0 Å². The van der Waals surface area contributed by atoms with Crippen molar-refractivity contribution in [1.82, 2.24) is 10.3 Å². The van der Waals surface area contributed by atoms with Crippen molar-refractivity contribution in [2.45, 2.75) is 33.2 Å². The van der Waals surface area contributed by atoms with Crippen molar-refractivity contribution in [1.29, 1.82) is 0 Å². The molecule has 2 nitrogen and oxygen atoms in total. The molecule has 0 aliphatic heterocycles. The number of nitrogens with zero attached hydrogens (tertiary/aromatic N) is 1. The monoisotopic (exact) mass is 242 g/mol. The lowest BCUT2D eigenvalue weighted by atomic mass is 9.85. The number of rotatable bonds is 3. The van der Waals surface area contributed by atoms with Crippen LogP contribution in [0.5, 0.6) is 0 Å². The standard InChI is InChI=1S/C16H22N2/c1-16(2,3)9-15(17-4)14-11-18-10-12-7-5-6-8-13(12)14/h5-8,10-11,15,17H,9H2,1-4H3. The summed E-state index contributed by atoms with van der Waals surface area (Å²) < 4.78 is 0. The molecule has 18 heavy (non-hydrogen) atoms. The van der Waals surface area contributed by atoms with Gasteiger partial charge in [-0.1, -0.05) is 45.0 Å². The minimum Gasteiger partial charge on any atom is -0.313 e. The Kier molecular flexibility index (Phi) is 3.67. The SMILES string of the molecule is CNC(CC(C)(C)C)c1cncc2ccccc12. The summed E-state index contributed by atoms with van der Waals surface area (Å²) in [7, 11) is 2.03. The fourth-order valence-electron chi connectivity index (χ4n) is 2.40. The van der Waals surface area contributed by atoms with Gasteiger partial charge in [0, 0.05) is 23.8 Å². The lowest BCUT2D eigenvalue weighted by Gasteiger charge is -2.26. The smallest absolute Gasteiger partial charge is 0.0346 e. The second-order valence-electron chi connectivity index (χ2n) is 6.06. The molecule has 2 aromatic rings. The van der Waals surface area contributed by atoms with Crippen LogP contribution >= 0.6 is 0 Å². The second kappa shape index (κ2) is 5.07. The number of benzene rings is 1. The Bertz CT molecular complexity index is 521. The van der Waals surface area contributed by atoms with Crippen molar-refractivity contribution in [2.75, 3.05) is 7.05 Å². The van der Waals surface area contributed by atoms with Crippen LogP contribution in [-0.2, 0) is 0 Å². The van der Waals surface area contributed by atoms with Gasteiger partial charge in [0.1, 0.15) is 0 Å². The summed E-state index contributed by atoms with van der Waals surface area (Å²) in [4.78, 5) is 4.37. The Morgan fingerprint density at radius 3 is 2.56 bits per heavy atom. The topological polar surface area (TPSA) is 24.9 Å². The molecule has 1 unspecified atom stereocenters. The molecular weight excluding hydrogens is 220 g/mol. The summed E-state index contributed by atoms with van der Waals surface area (Å²) in [6.07, 6.45) is 5.02.